The first-order chi connectivity index (χ1) is 12.5. The molecule has 0 amide bonds. The molecular formula is C22H18O3S. The Morgan fingerprint density at radius 1 is 0.615 bits per heavy atom. The van der Waals surface area contributed by atoms with Gasteiger partial charge in [0.2, 0.25) is 0 Å². The first kappa shape index (κ1) is 17.9. The molecule has 0 bridgehead atoms. The smallest absolute Gasteiger partial charge is 0.282 e. The molecule has 0 aromatic heterocycles. The lowest BCUT2D eigenvalue weighted by Gasteiger charge is -2.07. The molecule has 0 atom stereocenters. The third kappa shape index (κ3) is 4.57. The van der Waals surface area contributed by atoms with Gasteiger partial charge in [0, 0.05) is 5.56 Å². The molecule has 0 aliphatic heterocycles. The molecule has 3 aromatic rings. The summed E-state index contributed by atoms with van der Waals surface area (Å²) in [6.07, 6.45) is 7.28. The van der Waals surface area contributed by atoms with Gasteiger partial charge in [0.15, 0.2) is 0 Å². The Morgan fingerprint density at radius 2 is 1.15 bits per heavy atom. The van der Waals surface area contributed by atoms with Crippen LogP contribution in [0.2, 0.25) is 0 Å². The van der Waals surface area contributed by atoms with Gasteiger partial charge < -0.3 is 0 Å². The van der Waals surface area contributed by atoms with Gasteiger partial charge in [0.25, 0.3) is 10.1 Å². The largest absolute Gasteiger partial charge is 0.295 e. The van der Waals surface area contributed by atoms with Crippen LogP contribution < -0.4 is 0 Å². The summed E-state index contributed by atoms with van der Waals surface area (Å²) in [5.41, 5.74) is 3.10. The Labute approximate surface area is 153 Å². The van der Waals surface area contributed by atoms with E-state index in [-0.39, 0.29) is 4.90 Å². The highest BCUT2D eigenvalue weighted by atomic mass is 32.2. The second kappa shape index (κ2) is 7.95. The van der Waals surface area contributed by atoms with Gasteiger partial charge in [-0.3, -0.25) is 4.55 Å². The molecule has 0 heterocycles. The fourth-order valence-electron chi connectivity index (χ4n) is 2.60. The Hall–Kier alpha value is -2.95. The number of benzene rings is 3. The SMILES string of the molecule is O=S(=O)(O)c1cccc(C=Cc2ccccc2)c1C=Cc1ccccc1. The zero-order chi connectivity index (χ0) is 18.4. The second-order valence-electron chi connectivity index (χ2n) is 5.72. The highest BCUT2D eigenvalue weighted by Gasteiger charge is 2.15. The number of rotatable bonds is 5. The monoisotopic (exact) mass is 362 g/mol. The lowest BCUT2D eigenvalue weighted by Crippen LogP contribution is -2.02. The molecule has 130 valence electrons. The van der Waals surface area contributed by atoms with Crippen LogP contribution in [0.15, 0.2) is 83.8 Å². The summed E-state index contributed by atoms with van der Waals surface area (Å²) in [7, 11) is -4.33. The van der Waals surface area contributed by atoms with Crippen LogP contribution in [0.1, 0.15) is 22.3 Å². The van der Waals surface area contributed by atoms with Crippen LogP contribution in [0.4, 0.5) is 0 Å². The van der Waals surface area contributed by atoms with Crippen LogP contribution in [0, 0.1) is 0 Å². The molecule has 0 unspecified atom stereocenters. The van der Waals surface area contributed by atoms with E-state index in [0.29, 0.717) is 11.1 Å². The van der Waals surface area contributed by atoms with Crippen molar-refractivity contribution >= 4 is 34.4 Å². The number of hydrogen-bond acceptors (Lipinski definition) is 2. The second-order valence-corrected chi connectivity index (χ2v) is 7.11. The van der Waals surface area contributed by atoms with E-state index in [9.17, 15) is 13.0 Å². The van der Waals surface area contributed by atoms with Gasteiger partial charge in [0.1, 0.15) is 4.90 Å². The zero-order valence-corrected chi connectivity index (χ0v) is 14.8. The average molecular weight is 362 g/mol. The van der Waals surface area contributed by atoms with Crippen LogP contribution in [0.25, 0.3) is 24.3 Å². The molecule has 0 radical (unpaired) electrons. The van der Waals surface area contributed by atoms with Crippen molar-refractivity contribution in [1.29, 1.82) is 0 Å². The molecule has 0 spiro atoms. The van der Waals surface area contributed by atoms with Gasteiger partial charge in [0.05, 0.1) is 0 Å². The third-order valence-electron chi connectivity index (χ3n) is 3.87. The minimum absolute atomic E-state index is 0.111. The Morgan fingerprint density at radius 3 is 1.69 bits per heavy atom. The van der Waals surface area contributed by atoms with Crippen LogP contribution >= 0.6 is 0 Å². The molecule has 26 heavy (non-hydrogen) atoms. The minimum atomic E-state index is -4.33. The molecule has 0 saturated carbocycles. The zero-order valence-electron chi connectivity index (χ0n) is 14.0. The van der Waals surface area contributed by atoms with Gasteiger partial charge >= 0.3 is 0 Å². The van der Waals surface area contributed by atoms with Crippen molar-refractivity contribution in [3.8, 4) is 0 Å². The van der Waals surface area contributed by atoms with E-state index in [2.05, 4.69) is 0 Å². The summed E-state index contributed by atoms with van der Waals surface area (Å²) in [5, 5.41) is 0. The van der Waals surface area contributed by atoms with Crippen molar-refractivity contribution in [2.75, 3.05) is 0 Å². The molecule has 1 N–H and O–H groups in total. The van der Waals surface area contributed by atoms with Gasteiger partial charge in [-0.2, -0.15) is 8.42 Å². The van der Waals surface area contributed by atoms with Crippen LogP contribution in [0.3, 0.4) is 0 Å². The first-order valence-corrected chi connectivity index (χ1v) is 9.55. The van der Waals surface area contributed by atoms with Crippen molar-refractivity contribution in [2.24, 2.45) is 0 Å². The van der Waals surface area contributed by atoms with E-state index in [0.717, 1.165) is 11.1 Å². The fourth-order valence-corrected chi connectivity index (χ4v) is 3.32. The molecule has 0 fully saturated rings. The summed E-state index contributed by atoms with van der Waals surface area (Å²) in [4.78, 5) is -0.111. The predicted molar refractivity (Wildman–Crippen MR) is 107 cm³/mol. The van der Waals surface area contributed by atoms with Crippen molar-refractivity contribution in [3.05, 3.63) is 101 Å². The minimum Gasteiger partial charge on any atom is -0.282 e. The number of hydrogen-bond donors (Lipinski definition) is 1. The topological polar surface area (TPSA) is 54.4 Å². The van der Waals surface area contributed by atoms with E-state index < -0.39 is 10.1 Å². The lowest BCUT2D eigenvalue weighted by molar-refractivity contribution is 0.483. The Balaban J connectivity index is 2.07. The molecule has 3 aromatic carbocycles. The average Bonchev–Trinajstić information content (AvgIpc) is 2.66. The summed E-state index contributed by atoms with van der Waals surface area (Å²) in [6, 6.07) is 24.1. The standard InChI is InChI=1S/C22H18O3S/c23-26(24,25)22-13-7-12-20(16-14-18-8-3-1-4-9-18)21(22)17-15-19-10-5-2-6-11-19/h1-17H,(H,23,24,25). The highest BCUT2D eigenvalue weighted by Crippen LogP contribution is 2.24. The van der Waals surface area contributed by atoms with Gasteiger partial charge in [-0.15, -0.1) is 0 Å². The first-order valence-electron chi connectivity index (χ1n) is 8.11. The van der Waals surface area contributed by atoms with E-state index in [1.807, 2.05) is 85.0 Å². The fraction of sp³-hybridized carbons (Fsp3) is 0. The summed E-state index contributed by atoms with van der Waals surface area (Å²) < 4.78 is 33.2. The van der Waals surface area contributed by atoms with Gasteiger partial charge in [-0.1, -0.05) is 97.1 Å². The Bertz CT molecular complexity index is 1040. The maximum Gasteiger partial charge on any atom is 0.295 e. The maximum absolute atomic E-state index is 11.8. The van der Waals surface area contributed by atoms with E-state index in [1.54, 1.807) is 12.1 Å². The van der Waals surface area contributed by atoms with Crippen molar-refractivity contribution in [2.45, 2.75) is 4.90 Å². The molecule has 3 rings (SSSR count). The molecule has 0 aliphatic carbocycles. The highest BCUT2D eigenvalue weighted by molar-refractivity contribution is 7.86. The third-order valence-corrected chi connectivity index (χ3v) is 4.79. The molecule has 0 aliphatic rings. The van der Waals surface area contributed by atoms with Crippen LogP contribution in [-0.2, 0) is 10.1 Å². The molecular weight excluding hydrogens is 344 g/mol. The van der Waals surface area contributed by atoms with Crippen LogP contribution in [-0.4, -0.2) is 13.0 Å². The van der Waals surface area contributed by atoms with E-state index in [4.69, 9.17) is 0 Å². The molecule has 0 saturated heterocycles. The van der Waals surface area contributed by atoms with E-state index in [1.165, 1.54) is 6.07 Å². The van der Waals surface area contributed by atoms with E-state index >= 15 is 0 Å². The van der Waals surface area contributed by atoms with Gasteiger partial charge in [-0.25, -0.2) is 0 Å². The van der Waals surface area contributed by atoms with Crippen LogP contribution in [0.5, 0.6) is 0 Å². The van der Waals surface area contributed by atoms with Crippen molar-refractivity contribution in [1.82, 2.24) is 0 Å². The normalized spacial score (nSPS) is 12.0. The molecule has 4 heteroatoms. The lowest BCUT2D eigenvalue weighted by atomic mass is 10.0. The predicted octanol–water partition coefficient (Wildman–Crippen LogP) is 5.27. The van der Waals surface area contributed by atoms with Crippen molar-refractivity contribution in [3.63, 3.8) is 0 Å². The molecule has 3 nitrogen and oxygen atoms in total. The summed E-state index contributed by atoms with van der Waals surface area (Å²) in [6.45, 7) is 0. The quantitative estimate of drug-likeness (QED) is 0.497. The summed E-state index contributed by atoms with van der Waals surface area (Å²) >= 11 is 0. The maximum atomic E-state index is 11.8. The van der Waals surface area contributed by atoms with Crippen molar-refractivity contribution < 1.29 is 13.0 Å². The van der Waals surface area contributed by atoms with Gasteiger partial charge in [-0.05, 0) is 22.8 Å². The Kier molecular flexibility index (Phi) is 5.46. The summed E-state index contributed by atoms with van der Waals surface area (Å²) in [5.74, 6) is 0.